The monoisotopic (exact) mass is 326 g/mol. The molecule has 1 unspecified atom stereocenters. The Morgan fingerprint density at radius 3 is 2.62 bits per heavy atom. The van der Waals surface area contributed by atoms with Gasteiger partial charge in [0.2, 0.25) is 0 Å². The molecular formula is C20H23FN2O. The summed E-state index contributed by atoms with van der Waals surface area (Å²) in [6, 6.07) is 12.7. The minimum Gasteiger partial charge on any atom is -0.361 e. The highest BCUT2D eigenvalue weighted by molar-refractivity contribution is 5.77. The lowest BCUT2D eigenvalue weighted by Gasteiger charge is -2.31. The van der Waals surface area contributed by atoms with E-state index in [4.69, 9.17) is 10.1 Å². The van der Waals surface area contributed by atoms with Gasteiger partial charge in [-0.15, -0.1) is 0 Å². The van der Waals surface area contributed by atoms with E-state index in [-0.39, 0.29) is 5.82 Å². The number of hydrogen-bond donors (Lipinski definition) is 1. The number of halogens is 1. The van der Waals surface area contributed by atoms with E-state index >= 15 is 0 Å². The second kappa shape index (κ2) is 6.83. The third-order valence-corrected chi connectivity index (χ3v) is 4.65. The van der Waals surface area contributed by atoms with Crippen LogP contribution in [0.25, 0.3) is 0 Å². The highest BCUT2D eigenvalue weighted by Crippen LogP contribution is 2.45. The molecule has 2 aromatic rings. The maximum absolute atomic E-state index is 13.4. The Kier molecular flexibility index (Phi) is 4.78. The molecule has 0 fully saturated rings. The Morgan fingerprint density at radius 1 is 1.21 bits per heavy atom. The summed E-state index contributed by atoms with van der Waals surface area (Å²) in [5.41, 5.74) is 3.59. The standard InChI is InChI=1S/C20H23FN2O/c1-23(2)11-3-10-20(17-5-7-18(21)8-6-17)19-9-4-15(13-22)12-16(19)14-24-20/h4-9,12-13,22H,3,10-11,14H2,1-2H3. The van der Waals surface area contributed by atoms with E-state index in [9.17, 15) is 4.39 Å². The van der Waals surface area contributed by atoms with Gasteiger partial charge in [0.25, 0.3) is 0 Å². The SMILES string of the molecule is CN(C)CCCC1(c2ccc(F)cc2)OCc2cc(C=N)ccc21. The molecule has 0 aromatic heterocycles. The lowest BCUT2D eigenvalue weighted by atomic mass is 9.81. The van der Waals surface area contributed by atoms with Crippen molar-refractivity contribution in [2.75, 3.05) is 20.6 Å². The van der Waals surface area contributed by atoms with Crippen LogP contribution in [0, 0.1) is 11.2 Å². The van der Waals surface area contributed by atoms with Crippen molar-refractivity contribution < 1.29 is 9.13 Å². The van der Waals surface area contributed by atoms with Crippen molar-refractivity contribution in [2.45, 2.75) is 25.0 Å². The fourth-order valence-corrected chi connectivity index (χ4v) is 3.45. The number of nitrogens with one attached hydrogen (secondary N) is 1. The zero-order chi connectivity index (χ0) is 17.2. The summed E-state index contributed by atoms with van der Waals surface area (Å²) in [6.45, 7) is 1.50. The van der Waals surface area contributed by atoms with E-state index in [1.165, 1.54) is 18.3 Å². The van der Waals surface area contributed by atoms with Crippen LogP contribution >= 0.6 is 0 Å². The zero-order valence-electron chi connectivity index (χ0n) is 14.2. The van der Waals surface area contributed by atoms with Crippen LogP contribution in [0.4, 0.5) is 4.39 Å². The van der Waals surface area contributed by atoms with Gasteiger partial charge in [-0.05, 0) is 73.9 Å². The summed E-state index contributed by atoms with van der Waals surface area (Å²) < 4.78 is 19.7. The Balaban J connectivity index is 2.01. The van der Waals surface area contributed by atoms with Gasteiger partial charge in [-0.2, -0.15) is 0 Å². The van der Waals surface area contributed by atoms with Crippen LogP contribution in [0.1, 0.15) is 35.1 Å². The normalized spacial score (nSPS) is 19.5. The topological polar surface area (TPSA) is 36.3 Å². The predicted molar refractivity (Wildman–Crippen MR) is 94.1 cm³/mol. The lowest BCUT2D eigenvalue weighted by molar-refractivity contribution is -0.0140. The van der Waals surface area contributed by atoms with Crippen LogP contribution in [-0.2, 0) is 16.9 Å². The van der Waals surface area contributed by atoms with Crippen LogP contribution in [0.5, 0.6) is 0 Å². The van der Waals surface area contributed by atoms with Crippen molar-refractivity contribution >= 4 is 6.21 Å². The van der Waals surface area contributed by atoms with E-state index in [0.717, 1.165) is 41.6 Å². The lowest BCUT2D eigenvalue weighted by Crippen LogP contribution is -2.28. The second-order valence-corrected chi connectivity index (χ2v) is 6.59. The van der Waals surface area contributed by atoms with Gasteiger partial charge in [0.1, 0.15) is 11.4 Å². The summed E-state index contributed by atoms with van der Waals surface area (Å²) in [5.74, 6) is -0.237. The quantitative estimate of drug-likeness (QED) is 0.816. The second-order valence-electron chi connectivity index (χ2n) is 6.59. The zero-order valence-corrected chi connectivity index (χ0v) is 14.2. The first-order chi connectivity index (χ1) is 11.5. The molecule has 0 aliphatic carbocycles. The first kappa shape index (κ1) is 16.8. The van der Waals surface area contributed by atoms with Gasteiger partial charge < -0.3 is 15.0 Å². The Hall–Kier alpha value is -2.04. The number of rotatable bonds is 6. The summed E-state index contributed by atoms with van der Waals surface area (Å²) >= 11 is 0. The first-order valence-electron chi connectivity index (χ1n) is 8.24. The molecule has 3 rings (SSSR count). The number of ether oxygens (including phenoxy) is 1. The third kappa shape index (κ3) is 3.12. The minimum atomic E-state index is -0.528. The van der Waals surface area contributed by atoms with Crippen LogP contribution in [0.15, 0.2) is 42.5 Å². The summed E-state index contributed by atoms with van der Waals surface area (Å²) in [5, 5.41) is 7.44. The van der Waals surface area contributed by atoms with E-state index in [1.807, 2.05) is 24.3 Å². The smallest absolute Gasteiger partial charge is 0.123 e. The van der Waals surface area contributed by atoms with Crippen molar-refractivity contribution in [3.8, 4) is 0 Å². The van der Waals surface area contributed by atoms with Crippen molar-refractivity contribution in [2.24, 2.45) is 0 Å². The van der Waals surface area contributed by atoms with Crippen molar-refractivity contribution in [1.82, 2.24) is 4.90 Å². The molecule has 0 radical (unpaired) electrons. The Bertz CT molecular complexity index is 727. The molecule has 126 valence electrons. The number of benzene rings is 2. The van der Waals surface area contributed by atoms with Crippen molar-refractivity contribution in [1.29, 1.82) is 5.41 Å². The van der Waals surface area contributed by atoms with E-state index < -0.39 is 5.60 Å². The maximum atomic E-state index is 13.4. The molecule has 0 saturated heterocycles. The highest BCUT2D eigenvalue weighted by Gasteiger charge is 2.41. The van der Waals surface area contributed by atoms with Gasteiger partial charge in [-0.1, -0.05) is 24.3 Å². The van der Waals surface area contributed by atoms with Crippen LogP contribution in [-0.4, -0.2) is 31.8 Å². The van der Waals surface area contributed by atoms with E-state index in [2.05, 4.69) is 25.1 Å². The van der Waals surface area contributed by atoms with Crippen LogP contribution in [0.3, 0.4) is 0 Å². The molecule has 2 aromatic carbocycles. The minimum absolute atomic E-state index is 0.237. The predicted octanol–water partition coefficient (Wildman–Crippen LogP) is 3.94. The van der Waals surface area contributed by atoms with Crippen molar-refractivity contribution in [3.63, 3.8) is 0 Å². The van der Waals surface area contributed by atoms with Gasteiger partial charge in [0.05, 0.1) is 6.61 Å². The average molecular weight is 326 g/mol. The van der Waals surface area contributed by atoms with Gasteiger partial charge in [0.15, 0.2) is 0 Å². The molecule has 4 heteroatoms. The third-order valence-electron chi connectivity index (χ3n) is 4.65. The van der Waals surface area contributed by atoms with Gasteiger partial charge in [0, 0.05) is 6.21 Å². The molecule has 1 heterocycles. The molecule has 0 amide bonds. The van der Waals surface area contributed by atoms with Gasteiger partial charge in [-0.3, -0.25) is 0 Å². The van der Waals surface area contributed by atoms with Crippen LogP contribution in [0.2, 0.25) is 0 Å². The molecule has 1 aliphatic rings. The first-order valence-corrected chi connectivity index (χ1v) is 8.24. The van der Waals surface area contributed by atoms with E-state index in [1.54, 1.807) is 0 Å². The summed E-state index contributed by atoms with van der Waals surface area (Å²) in [7, 11) is 4.12. The summed E-state index contributed by atoms with van der Waals surface area (Å²) in [6.07, 6.45) is 3.17. The molecule has 1 atom stereocenters. The molecular weight excluding hydrogens is 303 g/mol. The van der Waals surface area contributed by atoms with Gasteiger partial charge >= 0.3 is 0 Å². The van der Waals surface area contributed by atoms with Crippen LogP contribution < -0.4 is 0 Å². The van der Waals surface area contributed by atoms with Crippen molar-refractivity contribution in [3.05, 3.63) is 70.5 Å². The molecule has 0 saturated carbocycles. The highest BCUT2D eigenvalue weighted by atomic mass is 19.1. The Morgan fingerprint density at radius 2 is 1.96 bits per heavy atom. The number of nitrogens with zero attached hydrogens (tertiary/aromatic N) is 1. The van der Waals surface area contributed by atoms with E-state index in [0.29, 0.717) is 6.61 Å². The average Bonchev–Trinajstić information content (AvgIpc) is 2.94. The Labute approximate surface area is 142 Å². The summed E-state index contributed by atoms with van der Waals surface area (Å²) in [4.78, 5) is 2.16. The maximum Gasteiger partial charge on any atom is 0.123 e. The molecule has 1 N–H and O–H groups in total. The molecule has 3 nitrogen and oxygen atoms in total. The number of hydrogen-bond acceptors (Lipinski definition) is 3. The molecule has 24 heavy (non-hydrogen) atoms. The molecule has 0 bridgehead atoms. The largest absolute Gasteiger partial charge is 0.361 e. The van der Waals surface area contributed by atoms with Gasteiger partial charge in [-0.25, -0.2) is 4.39 Å². The fourth-order valence-electron chi connectivity index (χ4n) is 3.45. The fraction of sp³-hybridized carbons (Fsp3) is 0.350. The molecule has 1 aliphatic heterocycles. The number of fused-ring (bicyclic) bond motifs is 1. The molecule has 0 spiro atoms.